The van der Waals surface area contributed by atoms with Crippen LogP contribution in [0.4, 0.5) is 0 Å². The monoisotopic (exact) mass is 508 g/mol. The highest BCUT2D eigenvalue weighted by atomic mass is 127. The zero-order valence-electron chi connectivity index (χ0n) is 16.5. The second-order valence-corrected chi connectivity index (χ2v) is 7.21. The van der Waals surface area contributed by atoms with Gasteiger partial charge in [0.2, 0.25) is 0 Å². The number of nitrogens with one attached hydrogen (secondary N) is 3. The summed E-state index contributed by atoms with van der Waals surface area (Å²) < 4.78 is 10.9. The van der Waals surface area contributed by atoms with Gasteiger partial charge in [-0.2, -0.15) is 0 Å². The first-order valence-electron chi connectivity index (χ1n) is 10.1. The van der Waals surface area contributed by atoms with E-state index in [4.69, 9.17) is 14.1 Å². The van der Waals surface area contributed by atoms with Crippen LogP contribution in [-0.4, -0.2) is 43.8 Å². The largest absolute Gasteiger partial charge is 0.469 e. The number of fused-ring (bicyclic) bond motifs is 1. The summed E-state index contributed by atoms with van der Waals surface area (Å²) in [6, 6.07) is 12.3. The van der Waals surface area contributed by atoms with E-state index in [1.807, 2.05) is 12.1 Å². The maximum Gasteiger partial charge on any atom is 0.191 e. The first-order valence-corrected chi connectivity index (χ1v) is 10.1. The first kappa shape index (κ1) is 21.7. The molecule has 29 heavy (non-hydrogen) atoms. The maximum absolute atomic E-state index is 5.46. The Hall–Kier alpha value is -2.00. The van der Waals surface area contributed by atoms with Crippen molar-refractivity contribution in [2.45, 2.75) is 19.3 Å². The molecule has 0 saturated carbocycles. The molecule has 0 aliphatic carbocycles. The number of rotatable bonds is 8. The Morgan fingerprint density at radius 3 is 2.76 bits per heavy atom. The molecule has 0 amide bonds. The van der Waals surface area contributed by atoms with Gasteiger partial charge in [-0.3, -0.25) is 4.99 Å². The summed E-state index contributed by atoms with van der Waals surface area (Å²) >= 11 is 0. The van der Waals surface area contributed by atoms with E-state index in [9.17, 15) is 0 Å². The molecule has 0 bridgehead atoms. The van der Waals surface area contributed by atoms with E-state index in [2.05, 4.69) is 46.1 Å². The number of H-pyrrole nitrogens is 1. The van der Waals surface area contributed by atoms with Crippen molar-refractivity contribution in [1.82, 2.24) is 15.6 Å². The summed E-state index contributed by atoms with van der Waals surface area (Å²) in [6.07, 6.45) is 6.68. The van der Waals surface area contributed by atoms with E-state index in [-0.39, 0.29) is 24.0 Å². The molecule has 1 aromatic carbocycles. The standard InChI is InChI=1S/C22H28N4O2.HI/c1-2-6-21-20(5-1)18(15-25-21)7-10-23-22(26-14-17-9-13-27-16-17)24-11-8-19-4-3-12-28-19;/h1-6,12,15,17,25H,7-11,13-14,16H2,(H2,23,24,26);1H. The third kappa shape index (κ3) is 6.24. The summed E-state index contributed by atoms with van der Waals surface area (Å²) in [4.78, 5) is 8.12. The predicted octanol–water partition coefficient (Wildman–Crippen LogP) is 3.74. The Balaban J connectivity index is 0.00000240. The lowest BCUT2D eigenvalue weighted by atomic mass is 10.1. The van der Waals surface area contributed by atoms with Crippen LogP contribution in [0.1, 0.15) is 17.7 Å². The van der Waals surface area contributed by atoms with Crippen molar-refractivity contribution in [3.05, 3.63) is 60.2 Å². The molecular weight excluding hydrogens is 479 g/mol. The Morgan fingerprint density at radius 1 is 1.10 bits per heavy atom. The number of benzene rings is 1. The second-order valence-electron chi connectivity index (χ2n) is 7.21. The molecule has 1 atom stereocenters. The van der Waals surface area contributed by atoms with Gasteiger partial charge in [0.15, 0.2) is 5.96 Å². The summed E-state index contributed by atoms with van der Waals surface area (Å²) in [7, 11) is 0. The molecule has 4 rings (SSSR count). The topological polar surface area (TPSA) is 74.6 Å². The van der Waals surface area contributed by atoms with Crippen LogP contribution in [0.3, 0.4) is 0 Å². The Morgan fingerprint density at radius 2 is 1.97 bits per heavy atom. The van der Waals surface area contributed by atoms with Crippen molar-refractivity contribution in [2.75, 3.05) is 32.8 Å². The average molecular weight is 508 g/mol. The van der Waals surface area contributed by atoms with E-state index in [0.29, 0.717) is 5.92 Å². The van der Waals surface area contributed by atoms with Gasteiger partial charge in [-0.05, 0) is 36.6 Å². The van der Waals surface area contributed by atoms with Gasteiger partial charge in [0, 0.05) is 55.7 Å². The number of aliphatic imine (C=N–C) groups is 1. The van der Waals surface area contributed by atoms with Gasteiger partial charge in [-0.15, -0.1) is 24.0 Å². The smallest absolute Gasteiger partial charge is 0.191 e. The van der Waals surface area contributed by atoms with Crippen molar-refractivity contribution >= 4 is 40.8 Å². The highest BCUT2D eigenvalue weighted by Gasteiger charge is 2.15. The number of halogens is 1. The van der Waals surface area contributed by atoms with Gasteiger partial charge in [-0.1, -0.05) is 18.2 Å². The fourth-order valence-corrected chi connectivity index (χ4v) is 3.53. The average Bonchev–Trinajstić information content (AvgIpc) is 3.48. The van der Waals surface area contributed by atoms with Crippen LogP contribution in [-0.2, 0) is 17.6 Å². The van der Waals surface area contributed by atoms with E-state index in [0.717, 1.165) is 63.8 Å². The van der Waals surface area contributed by atoms with Gasteiger partial charge in [0.1, 0.15) is 5.76 Å². The molecule has 6 nitrogen and oxygen atoms in total. The van der Waals surface area contributed by atoms with Gasteiger partial charge < -0.3 is 24.8 Å². The SMILES string of the molecule is I.c1coc(CCNC(=NCC2CCOC2)NCCc2c[nH]c3ccccc23)c1. The fraction of sp³-hybridized carbons (Fsp3) is 0.409. The van der Waals surface area contributed by atoms with E-state index in [1.54, 1.807) is 6.26 Å². The fourth-order valence-electron chi connectivity index (χ4n) is 3.53. The lowest BCUT2D eigenvalue weighted by Crippen LogP contribution is -2.39. The molecular formula is C22H29IN4O2. The first-order chi connectivity index (χ1) is 13.9. The van der Waals surface area contributed by atoms with Crippen molar-refractivity contribution in [1.29, 1.82) is 0 Å². The Kier molecular flexibility index (Phi) is 8.42. The van der Waals surface area contributed by atoms with Crippen LogP contribution in [0.5, 0.6) is 0 Å². The number of furan rings is 1. The molecule has 1 fully saturated rings. The van der Waals surface area contributed by atoms with Crippen molar-refractivity contribution < 1.29 is 9.15 Å². The molecule has 156 valence electrons. The third-order valence-electron chi connectivity index (χ3n) is 5.14. The van der Waals surface area contributed by atoms with E-state index in [1.165, 1.54) is 16.5 Å². The molecule has 1 saturated heterocycles. The van der Waals surface area contributed by atoms with E-state index >= 15 is 0 Å². The van der Waals surface area contributed by atoms with Crippen molar-refractivity contribution in [3.63, 3.8) is 0 Å². The number of aromatic nitrogens is 1. The maximum atomic E-state index is 5.46. The minimum Gasteiger partial charge on any atom is -0.469 e. The van der Waals surface area contributed by atoms with Crippen LogP contribution < -0.4 is 10.6 Å². The lowest BCUT2D eigenvalue weighted by Gasteiger charge is -2.13. The quantitative estimate of drug-likeness (QED) is 0.246. The highest BCUT2D eigenvalue weighted by Crippen LogP contribution is 2.17. The Labute approximate surface area is 188 Å². The van der Waals surface area contributed by atoms with Gasteiger partial charge >= 0.3 is 0 Å². The zero-order chi connectivity index (χ0) is 19.0. The molecule has 0 spiro atoms. The lowest BCUT2D eigenvalue weighted by molar-refractivity contribution is 0.187. The van der Waals surface area contributed by atoms with Crippen LogP contribution in [0.15, 0.2) is 58.3 Å². The van der Waals surface area contributed by atoms with Gasteiger partial charge in [-0.25, -0.2) is 0 Å². The van der Waals surface area contributed by atoms with Gasteiger partial charge in [0.05, 0.1) is 12.9 Å². The van der Waals surface area contributed by atoms with E-state index < -0.39 is 0 Å². The number of guanidine groups is 1. The molecule has 2 aromatic heterocycles. The molecule has 3 N–H and O–H groups in total. The van der Waals surface area contributed by atoms with Crippen LogP contribution in [0.25, 0.3) is 10.9 Å². The number of para-hydroxylation sites is 1. The minimum atomic E-state index is 0. The zero-order valence-corrected chi connectivity index (χ0v) is 18.9. The molecule has 1 aliphatic heterocycles. The molecule has 1 aliphatic rings. The number of aromatic amines is 1. The number of hydrogen-bond acceptors (Lipinski definition) is 3. The normalized spacial score (nSPS) is 16.7. The van der Waals surface area contributed by atoms with Crippen LogP contribution in [0, 0.1) is 5.92 Å². The number of nitrogens with zero attached hydrogens (tertiary/aromatic N) is 1. The summed E-state index contributed by atoms with van der Waals surface area (Å²) in [6.45, 7) is 4.08. The Bertz CT molecular complexity index is 885. The molecule has 3 heterocycles. The molecule has 1 unspecified atom stereocenters. The second kappa shape index (κ2) is 11.3. The third-order valence-corrected chi connectivity index (χ3v) is 5.14. The minimum absolute atomic E-state index is 0. The number of ether oxygens (including phenoxy) is 1. The highest BCUT2D eigenvalue weighted by molar-refractivity contribution is 14.0. The summed E-state index contributed by atoms with van der Waals surface area (Å²) in [5.41, 5.74) is 2.51. The summed E-state index contributed by atoms with van der Waals surface area (Å²) in [5, 5.41) is 8.20. The summed E-state index contributed by atoms with van der Waals surface area (Å²) in [5.74, 6) is 2.37. The van der Waals surface area contributed by atoms with Crippen LogP contribution >= 0.6 is 24.0 Å². The number of hydrogen-bond donors (Lipinski definition) is 3. The van der Waals surface area contributed by atoms with Crippen molar-refractivity contribution in [3.8, 4) is 0 Å². The molecule has 3 aromatic rings. The predicted molar refractivity (Wildman–Crippen MR) is 127 cm³/mol. The van der Waals surface area contributed by atoms with Crippen molar-refractivity contribution in [2.24, 2.45) is 10.9 Å². The van der Waals surface area contributed by atoms with Crippen LogP contribution in [0.2, 0.25) is 0 Å². The van der Waals surface area contributed by atoms with Gasteiger partial charge in [0.25, 0.3) is 0 Å². The molecule has 0 radical (unpaired) electrons. The molecule has 7 heteroatoms.